The predicted octanol–water partition coefficient (Wildman–Crippen LogP) is 2.65. The van der Waals surface area contributed by atoms with E-state index in [0.29, 0.717) is 18.7 Å². The lowest BCUT2D eigenvalue weighted by atomic mass is 10.1. The van der Waals surface area contributed by atoms with Crippen LogP contribution < -0.4 is 5.32 Å². The first kappa shape index (κ1) is 19.3. The lowest BCUT2D eigenvalue weighted by Crippen LogP contribution is -2.34. The molecule has 1 aromatic carbocycles. The maximum Gasteiger partial charge on any atom is 0.317 e. The first-order chi connectivity index (χ1) is 12.8. The molecule has 1 aliphatic rings. The Morgan fingerprint density at radius 2 is 2.07 bits per heavy atom. The van der Waals surface area contributed by atoms with Crippen LogP contribution in [0.15, 0.2) is 18.2 Å². The van der Waals surface area contributed by atoms with E-state index in [1.165, 1.54) is 17.0 Å². The first-order valence-corrected chi connectivity index (χ1v) is 9.01. The minimum Gasteiger partial charge on any atom is -0.332 e. The third kappa shape index (κ3) is 4.44. The van der Waals surface area contributed by atoms with Gasteiger partial charge in [0.15, 0.2) is 0 Å². The maximum absolute atomic E-state index is 14.3. The normalized spacial score (nSPS) is 14.6. The second kappa shape index (κ2) is 8.04. The molecule has 146 valence electrons. The number of urea groups is 1. The van der Waals surface area contributed by atoms with E-state index >= 15 is 0 Å². The number of fused-ring (bicyclic) bond motifs is 1. The van der Waals surface area contributed by atoms with Crippen LogP contribution in [0.1, 0.15) is 28.9 Å². The molecule has 0 atom stereocenters. The van der Waals surface area contributed by atoms with Crippen LogP contribution in [-0.2, 0) is 26.2 Å². The highest BCUT2D eigenvalue weighted by Crippen LogP contribution is 2.21. The lowest BCUT2D eigenvalue weighted by molar-refractivity contribution is 0.217. The van der Waals surface area contributed by atoms with Crippen molar-refractivity contribution in [2.24, 2.45) is 0 Å². The molecule has 2 heterocycles. The Bertz CT molecular complexity index is 834. The summed E-state index contributed by atoms with van der Waals surface area (Å²) < 4.78 is 30.3. The standard InChI is InChI=1S/C19H25F2N5O/c1-13-5-6-17(20)16(18(13)21)12-25-7-4-8-26-15(11-25)9-14(23-26)10-22-19(27)24(2)3/h5-6,9H,4,7-8,10-12H2,1-3H3,(H,22,27). The Morgan fingerprint density at radius 1 is 1.30 bits per heavy atom. The third-order valence-electron chi connectivity index (χ3n) is 4.73. The van der Waals surface area contributed by atoms with Gasteiger partial charge in [-0.25, -0.2) is 13.6 Å². The summed E-state index contributed by atoms with van der Waals surface area (Å²) in [6.45, 7) is 4.25. The molecule has 0 unspecified atom stereocenters. The van der Waals surface area contributed by atoms with Crippen molar-refractivity contribution in [2.45, 2.75) is 39.5 Å². The van der Waals surface area contributed by atoms with Crippen molar-refractivity contribution >= 4 is 6.03 Å². The highest BCUT2D eigenvalue weighted by molar-refractivity contribution is 5.73. The largest absolute Gasteiger partial charge is 0.332 e. The Labute approximate surface area is 157 Å². The number of amides is 2. The first-order valence-electron chi connectivity index (χ1n) is 9.01. The van der Waals surface area contributed by atoms with Gasteiger partial charge in [0.1, 0.15) is 11.6 Å². The smallest absolute Gasteiger partial charge is 0.317 e. The second-order valence-electron chi connectivity index (χ2n) is 7.12. The van der Waals surface area contributed by atoms with Crippen LogP contribution in [0.3, 0.4) is 0 Å². The van der Waals surface area contributed by atoms with Gasteiger partial charge < -0.3 is 10.2 Å². The van der Waals surface area contributed by atoms with E-state index in [1.807, 2.05) is 15.6 Å². The SMILES string of the molecule is Cc1ccc(F)c(CN2CCCn3nc(CNC(=O)N(C)C)cc3C2)c1F. The number of hydrogen-bond acceptors (Lipinski definition) is 3. The van der Waals surface area contributed by atoms with Crippen molar-refractivity contribution < 1.29 is 13.6 Å². The van der Waals surface area contributed by atoms with Gasteiger partial charge in [-0.2, -0.15) is 5.10 Å². The fourth-order valence-corrected chi connectivity index (χ4v) is 3.22. The molecule has 2 aromatic rings. The fraction of sp³-hybridized carbons (Fsp3) is 0.474. The van der Waals surface area contributed by atoms with Crippen molar-refractivity contribution in [1.29, 1.82) is 0 Å². The number of hydrogen-bond donors (Lipinski definition) is 1. The number of benzene rings is 1. The number of nitrogens with zero attached hydrogens (tertiary/aromatic N) is 4. The molecule has 3 rings (SSSR count). The molecule has 27 heavy (non-hydrogen) atoms. The molecule has 0 saturated carbocycles. The monoisotopic (exact) mass is 377 g/mol. The molecule has 0 aliphatic carbocycles. The molecular formula is C19H25F2N5O. The topological polar surface area (TPSA) is 53.4 Å². The quantitative estimate of drug-likeness (QED) is 0.891. The summed E-state index contributed by atoms with van der Waals surface area (Å²) in [4.78, 5) is 15.2. The van der Waals surface area contributed by atoms with Gasteiger partial charge in [0, 0.05) is 45.8 Å². The van der Waals surface area contributed by atoms with Gasteiger partial charge in [-0.05, 0) is 31.0 Å². The van der Waals surface area contributed by atoms with Crippen LogP contribution in [-0.4, -0.2) is 46.3 Å². The molecule has 0 spiro atoms. The molecule has 0 fully saturated rings. The average Bonchev–Trinajstić information content (AvgIpc) is 2.91. The summed E-state index contributed by atoms with van der Waals surface area (Å²) in [7, 11) is 3.36. The van der Waals surface area contributed by atoms with Crippen molar-refractivity contribution in [3.63, 3.8) is 0 Å². The minimum atomic E-state index is -0.511. The van der Waals surface area contributed by atoms with E-state index in [2.05, 4.69) is 10.4 Å². The Morgan fingerprint density at radius 3 is 2.81 bits per heavy atom. The maximum atomic E-state index is 14.3. The van der Waals surface area contributed by atoms with Crippen LogP contribution in [0.4, 0.5) is 13.6 Å². The van der Waals surface area contributed by atoms with Crippen molar-refractivity contribution in [1.82, 2.24) is 24.9 Å². The van der Waals surface area contributed by atoms with Crippen LogP contribution in [0.25, 0.3) is 0 Å². The van der Waals surface area contributed by atoms with Crippen molar-refractivity contribution in [3.8, 4) is 0 Å². The molecule has 6 nitrogen and oxygen atoms in total. The summed E-state index contributed by atoms with van der Waals surface area (Å²) in [6.07, 6.45) is 0.841. The molecular weight excluding hydrogens is 352 g/mol. The zero-order valence-electron chi connectivity index (χ0n) is 15.9. The highest BCUT2D eigenvalue weighted by Gasteiger charge is 2.20. The highest BCUT2D eigenvalue weighted by atomic mass is 19.1. The summed E-state index contributed by atoms with van der Waals surface area (Å²) >= 11 is 0. The molecule has 0 saturated heterocycles. The van der Waals surface area contributed by atoms with Gasteiger partial charge in [-0.1, -0.05) is 6.07 Å². The third-order valence-corrected chi connectivity index (χ3v) is 4.73. The van der Waals surface area contributed by atoms with E-state index in [9.17, 15) is 13.6 Å². The number of aryl methyl sites for hydroxylation is 2. The molecule has 0 radical (unpaired) electrons. The zero-order chi connectivity index (χ0) is 19.6. The van der Waals surface area contributed by atoms with Crippen molar-refractivity contribution in [2.75, 3.05) is 20.6 Å². The Kier molecular flexibility index (Phi) is 5.74. The van der Waals surface area contributed by atoms with E-state index in [4.69, 9.17) is 0 Å². The molecule has 2 amide bonds. The lowest BCUT2D eigenvalue weighted by Gasteiger charge is -2.20. The van der Waals surface area contributed by atoms with Gasteiger partial charge in [-0.3, -0.25) is 9.58 Å². The molecule has 1 aliphatic heterocycles. The summed E-state index contributed by atoms with van der Waals surface area (Å²) in [5.74, 6) is -0.984. The molecule has 0 bridgehead atoms. The van der Waals surface area contributed by atoms with Gasteiger partial charge >= 0.3 is 6.03 Å². The number of carbonyl (C=O) groups is 1. The van der Waals surface area contributed by atoms with Gasteiger partial charge in [-0.15, -0.1) is 0 Å². The number of aromatic nitrogens is 2. The summed E-state index contributed by atoms with van der Waals surface area (Å²) in [5, 5.41) is 7.34. The van der Waals surface area contributed by atoms with Gasteiger partial charge in [0.2, 0.25) is 0 Å². The second-order valence-corrected chi connectivity index (χ2v) is 7.12. The number of halogens is 2. The summed E-state index contributed by atoms with van der Waals surface area (Å²) in [5.41, 5.74) is 2.32. The van der Waals surface area contributed by atoms with Crippen LogP contribution in [0.2, 0.25) is 0 Å². The van der Waals surface area contributed by atoms with E-state index in [1.54, 1.807) is 21.0 Å². The van der Waals surface area contributed by atoms with Gasteiger partial charge in [0.05, 0.1) is 17.9 Å². The Balaban J connectivity index is 1.71. The fourth-order valence-electron chi connectivity index (χ4n) is 3.22. The van der Waals surface area contributed by atoms with Crippen molar-refractivity contribution in [3.05, 3.63) is 52.3 Å². The predicted molar refractivity (Wildman–Crippen MR) is 98.0 cm³/mol. The molecule has 1 aromatic heterocycles. The molecule has 8 heteroatoms. The Hall–Kier alpha value is -2.48. The summed E-state index contributed by atoms with van der Waals surface area (Å²) in [6, 6.07) is 4.55. The number of rotatable bonds is 4. The van der Waals surface area contributed by atoms with E-state index in [0.717, 1.165) is 30.9 Å². The zero-order valence-corrected chi connectivity index (χ0v) is 15.9. The van der Waals surface area contributed by atoms with Gasteiger partial charge in [0.25, 0.3) is 0 Å². The van der Waals surface area contributed by atoms with E-state index in [-0.39, 0.29) is 18.1 Å². The molecule has 1 N–H and O–H groups in total. The average molecular weight is 377 g/mol. The van der Waals surface area contributed by atoms with E-state index < -0.39 is 11.6 Å². The van der Waals surface area contributed by atoms with Crippen LogP contribution >= 0.6 is 0 Å². The minimum absolute atomic E-state index is 0.112. The van der Waals surface area contributed by atoms with Crippen LogP contribution in [0, 0.1) is 18.6 Å². The number of carbonyl (C=O) groups excluding carboxylic acids is 1. The number of nitrogens with one attached hydrogen (secondary N) is 1. The van der Waals surface area contributed by atoms with Crippen LogP contribution in [0.5, 0.6) is 0 Å².